The van der Waals surface area contributed by atoms with Crippen LogP contribution < -0.4 is 15.4 Å². The number of fused-ring (bicyclic) bond motifs is 1. The maximum absolute atomic E-state index is 13.0. The molecule has 0 spiro atoms. The van der Waals surface area contributed by atoms with Crippen LogP contribution in [0.3, 0.4) is 0 Å². The van der Waals surface area contributed by atoms with E-state index in [0.717, 1.165) is 43.5 Å². The van der Waals surface area contributed by atoms with Gasteiger partial charge in [-0.1, -0.05) is 13.8 Å². The second kappa shape index (κ2) is 11.5. The Kier molecular flexibility index (Phi) is 9.32. The number of guanidine groups is 1. The molecule has 1 aromatic carbocycles. The average Bonchev–Trinajstić information content (AvgIpc) is 3.12. The lowest BCUT2D eigenvalue weighted by Gasteiger charge is -2.25. The number of nitrogens with one attached hydrogen (secondary N) is 2. The van der Waals surface area contributed by atoms with Crippen LogP contribution in [0.2, 0.25) is 0 Å². The third-order valence-electron chi connectivity index (χ3n) is 4.73. The van der Waals surface area contributed by atoms with Gasteiger partial charge in [-0.2, -0.15) is 5.10 Å². The molecule has 0 radical (unpaired) electrons. The van der Waals surface area contributed by atoms with Gasteiger partial charge in [-0.3, -0.25) is 0 Å². The first-order valence-corrected chi connectivity index (χ1v) is 10.3. The van der Waals surface area contributed by atoms with Gasteiger partial charge in [0.15, 0.2) is 11.8 Å². The van der Waals surface area contributed by atoms with Crippen molar-refractivity contribution < 1.29 is 9.13 Å². The molecule has 3 rings (SSSR count). The van der Waals surface area contributed by atoms with E-state index in [1.807, 2.05) is 18.5 Å². The number of aromatic nitrogens is 3. The Balaban J connectivity index is 0.00000320. The van der Waals surface area contributed by atoms with Crippen LogP contribution in [0.15, 0.2) is 29.3 Å². The number of hydrogen-bond acceptors (Lipinski definition) is 4. The molecule has 0 amide bonds. The molecule has 2 unspecified atom stereocenters. The smallest absolute Gasteiger partial charge is 0.191 e. The number of aryl methyl sites for hydroxylation is 1. The van der Waals surface area contributed by atoms with E-state index in [-0.39, 0.29) is 41.9 Å². The van der Waals surface area contributed by atoms with E-state index in [2.05, 4.69) is 39.6 Å². The fourth-order valence-electron chi connectivity index (χ4n) is 3.21. The number of ether oxygens (including phenoxy) is 1. The summed E-state index contributed by atoms with van der Waals surface area (Å²) in [5.41, 5.74) is 0. The predicted molar refractivity (Wildman–Crippen MR) is 127 cm³/mol. The summed E-state index contributed by atoms with van der Waals surface area (Å²) in [6, 6.07) is 6.28. The second-order valence-corrected chi connectivity index (χ2v) is 7.70. The zero-order chi connectivity index (χ0) is 20.8. The Hall–Kier alpha value is -1.91. The summed E-state index contributed by atoms with van der Waals surface area (Å²) in [4.78, 5) is 9.30. The van der Waals surface area contributed by atoms with Crippen LogP contribution in [0.25, 0.3) is 0 Å². The molecule has 2 heterocycles. The Morgan fingerprint density at radius 2 is 2.03 bits per heavy atom. The first kappa shape index (κ1) is 24.4. The Morgan fingerprint density at radius 3 is 2.70 bits per heavy atom. The van der Waals surface area contributed by atoms with Crippen LogP contribution in [-0.2, 0) is 13.0 Å². The van der Waals surface area contributed by atoms with Gasteiger partial charge in [-0.25, -0.2) is 19.0 Å². The van der Waals surface area contributed by atoms with E-state index in [0.29, 0.717) is 18.2 Å². The van der Waals surface area contributed by atoms with Gasteiger partial charge in [0.1, 0.15) is 23.5 Å². The average molecular weight is 530 g/mol. The molecule has 0 fully saturated rings. The van der Waals surface area contributed by atoms with Crippen molar-refractivity contribution >= 4 is 29.9 Å². The first-order chi connectivity index (χ1) is 13.9. The van der Waals surface area contributed by atoms with Crippen molar-refractivity contribution in [2.75, 3.05) is 13.1 Å². The van der Waals surface area contributed by atoms with Gasteiger partial charge in [0, 0.05) is 24.9 Å². The Morgan fingerprint density at radius 1 is 1.30 bits per heavy atom. The topological polar surface area (TPSA) is 76.4 Å². The molecule has 1 aliphatic heterocycles. The van der Waals surface area contributed by atoms with Crippen LogP contribution in [0.1, 0.15) is 51.7 Å². The molecule has 2 atom stereocenters. The molecule has 0 saturated heterocycles. The number of aliphatic imine (C=N–C) groups is 1. The highest BCUT2D eigenvalue weighted by molar-refractivity contribution is 14.0. The van der Waals surface area contributed by atoms with Gasteiger partial charge in [-0.15, -0.1) is 24.0 Å². The van der Waals surface area contributed by atoms with Crippen LogP contribution in [0.5, 0.6) is 5.75 Å². The molecule has 2 aromatic rings. The van der Waals surface area contributed by atoms with Gasteiger partial charge in [-0.05, 0) is 44.5 Å². The second-order valence-electron chi connectivity index (χ2n) is 7.70. The lowest BCUT2D eigenvalue weighted by atomic mass is 10.1. The lowest BCUT2D eigenvalue weighted by Crippen LogP contribution is -2.47. The third-order valence-corrected chi connectivity index (χ3v) is 4.73. The molecule has 30 heavy (non-hydrogen) atoms. The number of benzene rings is 1. The quantitative estimate of drug-likeness (QED) is 0.326. The van der Waals surface area contributed by atoms with Crippen molar-refractivity contribution in [1.29, 1.82) is 0 Å². The zero-order valence-corrected chi connectivity index (χ0v) is 20.4. The lowest BCUT2D eigenvalue weighted by molar-refractivity contribution is 0.230. The third kappa shape index (κ3) is 6.82. The van der Waals surface area contributed by atoms with Crippen molar-refractivity contribution in [2.24, 2.45) is 4.99 Å². The molecular formula is C21H32FIN6O. The van der Waals surface area contributed by atoms with E-state index < -0.39 is 0 Å². The minimum Gasteiger partial charge on any atom is -0.489 e. The van der Waals surface area contributed by atoms with Crippen LogP contribution in [-0.4, -0.2) is 46.0 Å². The number of nitrogens with zero attached hydrogens (tertiary/aromatic N) is 4. The van der Waals surface area contributed by atoms with Crippen LogP contribution in [0, 0.1) is 5.82 Å². The zero-order valence-electron chi connectivity index (χ0n) is 18.1. The fraction of sp³-hybridized carbons (Fsp3) is 0.571. The van der Waals surface area contributed by atoms with E-state index in [4.69, 9.17) is 4.74 Å². The summed E-state index contributed by atoms with van der Waals surface area (Å²) in [6.07, 6.45) is 1.76. The summed E-state index contributed by atoms with van der Waals surface area (Å²) < 4.78 is 20.8. The highest BCUT2D eigenvalue weighted by Gasteiger charge is 2.23. The van der Waals surface area contributed by atoms with E-state index in [1.165, 1.54) is 12.1 Å². The molecule has 0 aliphatic carbocycles. The monoisotopic (exact) mass is 530 g/mol. The predicted octanol–water partition coefficient (Wildman–Crippen LogP) is 3.50. The van der Waals surface area contributed by atoms with Gasteiger partial charge in [0.25, 0.3) is 0 Å². The van der Waals surface area contributed by atoms with Gasteiger partial charge in [0.2, 0.25) is 0 Å². The first-order valence-electron chi connectivity index (χ1n) is 10.3. The van der Waals surface area contributed by atoms with Crippen molar-refractivity contribution in [3.8, 4) is 5.75 Å². The van der Waals surface area contributed by atoms with E-state index >= 15 is 0 Å². The van der Waals surface area contributed by atoms with E-state index in [1.54, 1.807) is 12.1 Å². The molecule has 1 aromatic heterocycles. The van der Waals surface area contributed by atoms with Crippen molar-refractivity contribution in [3.63, 3.8) is 0 Å². The maximum atomic E-state index is 13.0. The summed E-state index contributed by atoms with van der Waals surface area (Å²) in [7, 11) is 0. The van der Waals surface area contributed by atoms with Crippen molar-refractivity contribution in [1.82, 2.24) is 25.4 Å². The van der Waals surface area contributed by atoms with Gasteiger partial charge in [0.05, 0.1) is 13.1 Å². The van der Waals surface area contributed by atoms with Crippen LogP contribution in [0.4, 0.5) is 4.39 Å². The van der Waals surface area contributed by atoms with Crippen LogP contribution >= 0.6 is 24.0 Å². The maximum Gasteiger partial charge on any atom is 0.191 e. The van der Waals surface area contributed by atoms with Crippen molar-refractivity contribution in [2.45, 2.75) is 65.1 Å². The summed E-state index contributed by atoms with van der Waals surface area (Å²) >= 11 is 0. The normalized spacial score (nSPS) is 17.1. The van der Waals surface area contributed by atoms with Gasteiger partial charge >= 0.3 is 0 Å². The van der Waals surface area contributed by atoms with Crippen molar-refractivity contribution in [3.05, 3.63) is 41.7 Å². The molecule has 166 valence electrons. The highest BCUT2D eigenvalue weighted by atomic mass is 127. The minimum atomic E-state index is -0.273. The molecule has 7 nitrogen and oxygen atoms in total. The van der Waals surface area contributed by atoms with E-state index in [9.17, 15) is 4.39 Å². The molecular weight excluding hydrogens is 498 g/mol. The number of rotatable bonds is 7. The molecule has 9 heteroatoms. The summed E-state index contributed by atoms with van der Waals surface area (Å²) in [5.74, 6) is 3.44. The molecule has 1 aliphatic rings. The molecule has 0 bridgehead atoms. The Labute approximate surface area is 194 Å². The Bertz CT molecular complexity index is 823. The number of hydrogen-bond donors (Lipinski definition) is 2. The number of halogens is 2. The summed E-state index contributed by atoms with van der Waals surface area (Å²) in [5, 5.41) is 11.4. The molecule has 0 saturated carbocycles. The van der Waals surface area contributed by atoms with Gasteiger partial charge < -0.3 is 15.4 Å². The molecule has 2 N–H and O–H groups in total. The minimum absolute atomic E-state index is 0. The SMILES string of the molecule is CCNC(=NCC(C)Oc1ccc(F)cc1)NC1CCc2nc(C(C)C)nn2C1.I. The standard InChI is InChI=1S/C21H31FN6O.HI/c1-5-23-21(24-12-15(4)29-18-9-6-16(22)7-10-18)25-17-8-11-19-26-20(14(2)3)27-28(19)13-17;/h6-7,9-10,14-15,17H,5,8,11-13H2,1-4H3,(H2,23,24,25);1H. The summed E-state index contributed by atoms with van der Waals surface area (Å²) in [6.45, 7) is 10.3. The fourth-order valence-corrected chi connectivity index (χ4v) is 3.21. The highest BCUT2D eigenvalue weighted by Crippen LogP contribution is 2.17. The largest absolute Gasteiger partial charge is 0.489 e.